The predicted molar refractivity (Wildman–Crippen MR) is 60.5 cm³/mol. The van der Waals surface area contributed by atoms with Gasteiger partial charge in [-0.05, 0) is 44.0 Å². The lowest BCUT2D eigenvalue weighted by Crippen LogP contribution is -2.07. The van der Waals surface area contributed by atoms with Crippen molar-refractivity contribution in [3.8, 4) is 5.75 Å². The van der Waals surface area contributed by atoms with E-state index < -0.39 is 0 Å². The van der Waals surface area contributed by atoms with Crippen molar-refractivity contribution in [2.24, 2.45) is 0 Å². The van der Waals surface area contributed by atoms with E-state index in [1.165, 1.54) is 0 Å². The molecule has 2 heteroatoms. The molecule has 0 unspecified atom stereocenters. The van der Waals surface area contributed by atoms with Crippen molar-refractivity contribution in [2.75, 3.05) is 5.73 Å². The highest BCUT2D eigenvalue weighted by atomic mass is 16.5. The SMILES string of the molecule is C=CCc1cc(N)ccc1OC(C)C. The molecule has 1 rings (SSSR count). The molecule has 2 N–H and O–H groups in total. The van der Waals surface area contributed by atoms with Crippen molar-refractivity contribution in [1.29, 1.82) is 0 Å². The van der Waals surface area contributed by atoms with Crippen LogP contribution in [0.15, 0.2) is 30.9 Å². The molecule has 0 aromatic heterocycles. The topological polar surface area (TPSA) is 35.2 Å². The summed E-state index contributed by atoms with van der Waals surface area (Å²) in [6.45, 7) is 7.73. The van der Waals surface area contributed by atoms with E-state index in [1.54, 1.807) is 0 Å². The highest BCUT2D eigenvalue weighted by Gasteiger charge is 2.04. The van der Waals surface area contributed by atoms with Crippen molar-refractivity contribution in [1.82, 2.24) is 0 Å². The van der Waals surface area contributed by atoms with Crippen molar-refractivity contribution < 1.29 is 4.74 Å². The fourth-order valence-electron chi connectivity index (χ4n) is 1.28. The third-order valence-electron chi connectivity index (χ3n) is 1.81. The van der Waals surface area contributed by atoms with Gasteiger partial charge in [-0.25, -0.2) is 0 Å². The third kappa shape index (κ3) is 2.80. The summed E-state index contributed by atoms with van der Waals surface area (Å²) in [5, 5.41) is 0. The van der Waals surface area contributed by atoms with E-state index in [0.717, 1.165) is 23.4 Å². The van der Waals surface area contributed by atoms with Crippen LogP contribution < -0.4 is 10.5 Å². The predicted octanol–water partition coefficient (Wildman–Crippen LogP) is 2.78. The molecule has 0 aliphatic carbocycles. The average Bonchev–Trinajstić information content (AvgIpc) is 2.09. The van der Waals surface area contributed by atoms with Gasteiger partial charge in [0, 0.05) is 5.69 Å². The smallest absolute Gasteiger partial charge is 0.123 e. The van der Waals surface area contributed by atoms with Gasteiger partial charge in [-0.2, -0.15) is 0 Å². The van der Waals surface area contributed by atoms with Crippen LogP contribution in [0.1, 0.15) is 19.4 Å². The van der Waals surface area contributed by atoms with Gasteiger partial charge in [-0.3, -0.25) is 0 Å². The summed E-state index contributed by atoms with van der Waals surface area (Å²) in [5.41, 5.74) is 7.55. The molecule has 0 spiro atoms. The number of ether oxygens (including phenoxy) is 1. The molecule has 0 fully saturated rings. The summed E-state index contributed by atoms with van der Waals surface area (Å²) in [6, 6.07) is 5.69. The molecule has 0 heterocycles. The molecule has 0 atom stereocenters. The monoisotopic (exact) mass is 191 g/mol. The molecule has 14 heavy (non-hydrogen) atoms. The summed E-state index contributed by atoms with van der Waals surface area (Å²) in [4.78, 5) is 0. The molecule has 0 radical (unpaired) electrons. The minimum absolute atomic E-state index is 0.183. The van der Waals surface area contributed by atoms with Gasteiger partial charge in [-0.1, -0.05) is 6.08 Å². The molecule has 0 saturated carbocycles. The first-order valence-corrected chi connectivity index (χ1v) is 4.79. The minimum Gasteiger partial charge on any atom is -0.491 e. The van der Waals surface area contributed by atoms with Crippen molar-refractivity contribution >= 4 is 5.69 Å². The molecular weight excluding hydrogens is 174 g/mol. The molecular formula is C12H17NO. The maximum absolute atomic E-state index is 5.70. The Kier molecular flexibility index (Phi) is 3.57. The second kappa shape index (κ2) is 4.70. The van der Waals surface area contributed by atoms with E-state index in [4.69, 9.17) is 10.5 Å². The Bertz CT molecular complexity index is 318. The van der Waals surface area contributed by atoms with E-state index in [-0.39, 0.29) is 6.10 Å². The number of hydrogen-bond donors (Lipinski definition) is 1. The fraction of sp³-hybridized carbons (Fsp3) is 0.333. The van der Waals surface area contributed by atoms with Crippen LogP contribution in [0.3, 0.4) is 0 Å². The van der Waals surface area contributed by atoms with E-state index in [1.807, 2.05) is 38.1 Å². The van der Waals surface area contributed by atoms with Crippen molar-refractivity contribution in [3.63, 3.8) is 0 Å². The van der Waals surface area contributed by atoms with E-state index in [2.05, 4.69) is 6.58 Å². The van der Waals surface area contributed by atoms with E-state index in [9.17, 15) is 0 Å². The Morgan fingerprint density at radius 2 is 2.21 bits per heavy atom. The second-order valence-electron chi connectivity index (χ2n) is 3.53. The van der Waals surface area contributed by atoms with Crippen LogP contribution in [-0.4, -0.2) is 6.10 Å². The van der Waals surface area contributed by atoms with Gasteiger partial charge in [0.05, 0.1) is 6.10 Å². The first-order chi connectivity index (χ1) is 6.63. The number of benzene rings is 1. The summed E-state index contributed by atoms with van der Waals surface area (Å²) >= 11 is 0. The van der Waals surface area contributed by atoms with Crippen molar-refractivity contribution in [2.45, 2.75) is 26.4 Å². The number of nitrogens with two attached hydrogens (primary N) is 1. The molecule has 0 amide bonds. The number of hydrogen-bond acceptors (Lipinski definition) is 2. The quantitative estimate of drug-likeness (QED) is 0.586. The van der Waals surface area contributed by atoms with Crippen LogP contribution in [0, 0.1) is 0 Å². The van der Waals surface area contributed by atoms with Gasteiger partial charge in [0.25, 0.3) is 0 Å². The Hall–Kier alpha value is -1.44. The van der Waals surface area contributed by atoms with Gasteiger partial charge in [0.15, 0.2) is 0 Å². The van der Waals surface area contributed by atoms with Crippen LogP contribution in [0.25, 0.3) is 0 Å². The molecule has 0 bridgehead atoms. The minimum atomic E-state index is 0.183. The van der Waals surface area contributed by atoms with Crippen LogP contribution in [-0.2, 0) is 6.42 Å². The summed E-state index contributed by atoms with van der Waals surface area (Å²) < 4.78 is 5.65. The lowest BCUT2D eigenvalue weighted by molar-refractivity contribution is 0.240. The molecule has 0 aliphatic rings. The zero-order chi connectivity index (χ0) is 10.6. The summed E-state index contributed by atoms with van der Waals surface area (Å²) in [6.07, 6.45) is 2.82. The molecule has 1 aromatic carbocycles. The number of nitrogen functional groups attached to an aromatic ring is 1. The fourth-order valence-corrected chi connectivity index (χ4v) is 1.28. The average molecular weight is 191 g/mol. The number of anilines is 1. The molecule has 1 aromatic rings. The van der Waals surface area contributed by atoms with Crippen LogP contribution in [0.5, 0.6) is 5.75 Å². The molecule has 0 saturated heterocycles. The van der Waals surface area contributed by atoms with Gasteiger partial charge in [0.2, 0.25) is 0 Å². The first-order valence-electron chi connectivity index (χ1n) is 4.79. The molecule has 76 valence electrons. The van der Waals surface area contributed by atoms with E-state index in [0.29, 0.717) is 0 Å². The van der Waals surface area contributed by atoms with Crippen LogP contribution in [0.2, 0.25) is 0 Å². The zero-order valence-corrected chi connectivity index (χ0v) is 8.79. The zero-order valence-electron chi connectivity index (χ0n) is 8.79. The highest BCUT2D eigenvalue weighted by Crippen LogP contribution is 2.23. The number of rotatable bonds is 4. The molecule has 2 nitrogen and oxygen atoms in total. The number of allylic oxidation sites excluding steroid dienone is 1. The largest absolute Gasteiger partial charge is 0.491 e. The Labute approximate surface area is 85.4 Å². The van der Waals surface area contributed by atoms with Gasteiger partial charge >= 0.3 is 0 Å². The van der Waals surface area contributed by atoms with Crippen molar-refractivity contribution in [3.05, 3.63) is 36.4 Å². The molecule has 0 aliphatic heterocycles. The third-order valence-corrected chi connectivity index (χ3v) is 1.81. The summed E-state index contributed by atoms with van der Waals surface area (Å²) in [5.74, 6) is 0.897. The van der Waals surface area contributed by atoms with Crippen LogP contribution in [0.4, 0.5) is 5.69 Å². The first kappa shape index (κ1) is 10.6. The van der Waals surface area contributed by atoms with Gasteiger partial charge in [-0.15, -0.1) is 6.58 Å². The lowest BCUT2D eigenvalue weighted by atomic mass is 10.1. The summed E-state index contributed by atoms with van der Waals surface area (Å²) in [7, 11) is 0. The van der Waals surface area contributed by atoms with Crippen LogP contribution >= 0.6 is 0 Å². The normalized spacial score (nSPS) is 10.2. The second-order valence-corrected chi connectivity index (χ2v) is 3.53. The highest BCUT2D eigenvalue weighted by molar-refractivity contribution is 5.48. The Morgan fingerprint density at radius 3 is 2.79 bits per heavy atom. The van der Waals surface area contributed by atoms with Gasteiger partial charge in [0.1, 0.15) is 5.75 Å². The Morgan fingerprint density at radius 1 is 1.50 bits per heavy atom. The maximum Gasteiger partial charge on any atom is 0.123 e. The van der Waals surface area contributed by atoms with Gasteiger partial charge < -0.3 is 10.5 Å². The standard InChI is InChI=1S/C12H17NO/c1-4-5-10-8-11(13)6-7-12(10)14-9(2)3/h4,6-9H,1,5,13H2,2-3H3. The maximum atomic E-state index is 5.70. The Balaban J connectivity index is 2.95. The lowest BCUT2D eigenvalue weighted by Gasteiger charge is -2.13. The van der Waals surface area contributed by atoms with E-state index >= 15 is 0 Å².